The number of anilines is 1. The molecule has 0 aliphatic rings. The summed E-state index contributed by atoms with van der Waals surface area (Å²) in [5, 5.41) is 13.1. The second-order valence-corrected chi connectivity index (χ2v) is 4.95. The van der Waals surface area contributed by atoms with Crippen LogP contribution in [0, 0.1) is 0 Å². The minimum atomic E-state index is -0.794. The Morgan fingerprint density at radius 1 is 1.13 bits per heavy atom. The number of aromatic nitrogens is 2. The second kappa shape index (κ2) is 6.41. The number of carbonyl (C=O) groups is 1. The zero-order chi connectivity index (χ0) is 16.2. The fourth-order valence-electron chi connectivity index (χ4n) is 2.30. The van der Waals surface area contributed by atoms with Crippen LogP contribution in [0.2, 0.25) is 0 Å². The summed E-state index contributed by atoms with van der Waals surface area (Å²) in [6, 6.07) is 12.4. The molecule has 6 heteroatoms. The first-order chi connectivity index (χ1) is 11.2. The van der Waals surface area contributed by atoms with Crippen molar-refractivity contribution in [2.75, 3.05) is 12.4 Å². The second-order valence-electron chi connectivity index (χ2n) is 4.95. The molecule has 3 aromatic rings. The van der Waals surface area contributed by atoms with Gasteiger partial charge in [-0.25, -0.2) is 9.97 Å². The topological polar surface area (TPSA) is 84.3 Å². The van der Waals surface area contributed by atoms with E-state index in [9.17, 15) is 9.90 Å². The summed E-state index contributed by atoms with van der Waals surface area (Å²) in [7, 11) is 1.53. The van der Waals surface area contributed by atoms with Gasteiger partial charge >= 0.3 is 0 Å². The van der Waals surface area contributed by atoms with E-state index in [4.69, 9.17) is 4.74 Å². The molecule has 0 aliphatic heterocycles. The van der Waals surface area contributed by atoms with Gasteiger partial charge in [0.15, 0.2) is 0 Å². The predicted molar refractivity (Wildman–Crippen MR) is 86.3 cm³/mol. The summed E-state index contributed by atoms with van der Waals surface area (Å²) in [6.07, 6.45) is 1.37. The van der Waals surface area contributed by atoms with E-state index >= 15 is 0 Å². The molecule has 0 saturated heterocycles. The van der Waals surface area contributed by atoms with E-state index in [1.54, 1.807) is 36.5 Å². The number of carbonyl (C=O) groups excluding carboxylic acids is 1. The van der Waals surface area contributed by atoms with Gasteiger partial charge in [0, 0.05) is 5.69 Å². The number of amides is 1. The molecule has 2 aromatic carbocycles. The van der Waals surface area contributed by atoms with Crippen molar-refractivity contribution in [3.05, 3.63) is 59.8 Å². The lowest BCUT2D eigenvalue weighted by molar-refractivity contribution is -0.105. The van der Waals surface area contributed by atoms with Crippen molar-refractivity contribution in [2.45, 2.75) is 6.10 Å². The standard InChI is InChI=1S/C17H15N3O3/c1-23-16-9-18-14-7-4-12(8-15(14)20-16)17(22)11-2-5-13(6-3-11)19-10-21/h2-10,17,22H,1H3,(H,19,21). The van der Waals surface area contributed by atoms with Gasteiger partial charge in [0.25, 0.3) is 0 Å². The minimum Gasteiger partial charge on any atom is -0.480 e. The maximum absolute atomic E-state index is 10.5. The molecule has 23 heavy (non-hydrogen) atoms. The lowest BCUT2D eigenvalue weighted by Crippen LogP contribution is -2.01. The Kier molecular flexibility index (Phi) is 4.16. The lowest BCUT2D eigenvalue weighted by Gasteiger charge is -2.13. The van der Waals surface area contributed by atoms with Crippen molar-refractivity contribution < 1.29 is 14.6 Å². The Balaban J connectivity index is 1.93. The Labute approximate surface area is 132 Å². The van der Waals surface area contributed by atoms with Crippen LogP contribution in [0.3, 0.4) is 0 Å². The van der Waals surface area contributed by atoms with E-state index < -0.39 is 6.10 Å². The van der Waals surface area contributed by atoms with Gasteiger partial charge in [-0.05, 0) is 35.4 Å². The maximum Gasteiger partial charge on any atom is 0.232 e. The molecular weight excluding hydrogens is 294 g/mol. The summed E-state index contributed by atoms with van der Waals surface area (Å²) in [6.45, 7) is 0. The van der Waals surface area contributed by atoms with Gasteiger partial charge in [-0.3, -0.25) is 4.79 Å². The zero-order valence-corrected chi connectivity index (χ0v) is 12.4. The van der Waals surface area contributed by atoms with Crippen molar-refractivity contribution in [1.82, 2.24) is 9.97 Å². The van der Waals surface area contributed by atoms with Crippen LogP contribution >= 0.6 is 0 Å². The minimum absolute atomic E-state index is 0.424. The Morgan fingerprint density at radius 3 is 2.57 bits per heavy atom. The highest BCUT2D eigenvalue weighted by atomic mass is 16.5. The fraction of sp³-hybridized carbons (Fsp3) is 0.118. The molecule has 1 aromatic heterocycles. The van der Waals surface area contributed by atoms with Crippen LogP contribution in [0.15, 0.2) is 48.7 Å². The van der Waals surface area contributed by atoms with Crippen LogP contribution in [0.5, 0.6) is 5.88 Å². The van der Waals surface area contributed by atoms with Gasteiger partial charge in [0.2, 0.25) is 12.3 Å². The van der Waals surface area contributed by atoms with Gasteiger partial charge in [0.05, 0.1) is 24.3 Å². The van der Waals surface area contributed by atoms with E-state index in [0.717, 1.165) is 11.1 Å². The van der Waals surface area contributed by atoms with Crippen molar-refractivity contribution in [1.29, 1.82) is 0 Å². The molecule has 1 heterocycles. The number of nitrogens with one attached hydrogen (secondary N) is 1. The number of ether oxygens (including phenoxy) is 1. The third-order valence-corrected chi connectivity index (χ3v) is 3.52. The number of fused-ring (bicyclic) bond motifs is 1. The Morgan fingerprint density at radius 2 is 1.87 bits per heavy atom. The van der Waals surface area contributed by atoms with E-state index in [2.05, 4.69) is 15.3 Å². The molecule has 1 atom stereocenters. The molecule has 116 valence electrons. The van der Waals surface area contributed by atoms with Crippen LogP contribution in [-0.2, 0) is 4.79 Å². The number of hydrogen-bond donors (Lipinski definition) is 2. The van der Waals surface area contributed by atoms with Crippen LogP contribution in [0.25, 0.3) is 11.0 Å². The molecule has 1 amide bonds. The summed E-state index contributed by atoms with van der Waals surface area (Å²) >= 11 is 0. The monoisotopic (exact) mass is 309 g/mol. The molecule has 0 radical (unpaired) electrons. The van der Waals surface area contributed by atoms with Crippen molar-refractivity contribution in [3.8, 4) is 5.88 Å². The van der Waals surface area contributed by atoms with Crippen LogP contribution < -0.4 is 10.1 Å². The zero-order valence-electron chi connectivity index (χ0n) is 12.4. The predicted octanol–water partition coefficient (Wildman–Crippen LogP) is 2.29. The van der Waals surface area contributed by atoms with E-state index in [-0.39, 0.29) is 0 Å². The molecule has 2 N–H and O–H groups in total. The SMILES string of the molecule is COc1cnc2ccc(C(O)c3ccc(NC=O)cc3)cc2n1. The van der Waals surface area contributed by atoms with Crippen molar-refractivity contribution >= 4 is 23.1 Å². The lowest BCUT2D eigenvalue weighted by atomic mass is 10.0. The van der Waals surface area contributed by atoms with Gasteiger partial charge in [-0.2, -0.15) is 0 Å². The average molecular weight is 309 g/mol. The van der Waals surface area contributed by atoms with Crippen molar-refractivity contribution in [3.63, 3.8) is 0 Å². The van der Waals surface area contributed by atoms with Crippen LogP contribution in [0.4, 0.5) is 5.69 Å². The highest BCUT2D eigenvalue weighted by Crippen LogP contribution is 2.25. The van der Waals surface area contributed by atoms with Gasteiger partial charge < -0.3 is 15.2 Å². The number of aliphatic hydroxyl groups excluding tert-OH is 1. The van der Waals surface area contributed by atoms with Crippen molar-refractivity contribution in [2.24, 2.45) is 0 Å². The highest BCUT2D eigenvalue weighted by Gasteiger charge is 2.12. The first-order valence-electron chi connectivity index (χ1n) is 7.00. The quantitative estimate of drug-likeness (QED) is 0.706. The highest BCUT2D eigenvalue weighted by molar-refractivity contribution is 5.75. The van der Waals surface area contributed by atoms with E-state index in [0.29, 0.717) is 29.1 Å². The number of methoxy groups -OCH3 is 1. The molecule has 0 fully saturated rings. The van der Waals surface area contributed by atoms with E-state index in [1.165, 1.54) is 7.11 Å². The first-order valence-corrected chi connectivity index (χ1v) is 7.00. The summed E-state index contributed by atoms with van der Waals surface area (Å²) < 4.78 is 5.07. The van der Waals surface area contributed by atoms with Crippen LogP contribution in [0.1, 0.15) is 17.2 Å². The Hall–Kier alpha value is -2.99. The number of benzene rings is 2. The normalized spacial score (nSPS) is 11.9. The summed E-state index contributed by atoms with van der Waals surface area (Å²) in [5.41, 5.74) is 3.48. The molecule has 0 spiro atoms. The maximum atomic E-state index is 10.5. The van der Waals surface area contributed by atoms with Crippen LogP contribution in [-0.4, -0.2) is 28.6 Å². The summed E-state index contributed by atoms with van der Waals surface area (Å²) in [5.74, 6) is 0.424. The molecule has 0 bridgehead atoms. The first kappa shape index (κ1) is 14.9. The molecule has 3 rings (SSSR count). The fourth-order valence-corrected chi connectivity index (χ4v) is 2.30. The van der Waals surface area contributed by atoms with E-state index in [1.807, 2.05) is 12.1 Å². The molecular formula is C17H15N3O3. The Bertz CT molecular complexity index is 834. The third kappa shape index (κ3) is 3.12. The molecule has 0 saturated carbocycles. The number of aliphatic hydroxyl groups is 1. The molecule has 1 unspecified atom stereocenters. The summed E-state index contributed by atoms with van der Waals surface area (Å²) in [4.78, 5) is 19.0. The average Bonchev–Trinajstić information content (AvgIpc) is 2.61. The molecule has 6 nitrogen and oxygen atoms in total. The number of nitrogens with zero attached hydrogens (tertiary/aromatic N) is 2. The van der Waals surface area contributed by atoms with Gasteiger partial charge in [-0.15, -0.1) is 0 Å². The van der Waals surface area contributed by atoms with Gasteiger partial charge in [0.1, 0.15) is 6.10 Å². The smallest absolute Gasteiger partial charge is 0.232 e. The van der Waals surface area contributed by atoms with Gasteiger partial charge in [-0.1, -0.05) is 18.2 Å². The molecule has 0 aliphatic carbocycles. The third-order valence-electron chi connectivity index (χ3n) is 3.52. The number of rotatable bonds is 5. The number of hydrogen-bond acceptors (Lipinski definition) is 5. The largest absolute Gasteiger partial charge is 0.480 e.